The van der Waals surface area contributed by atoms with E-state index in [9.17, 15) is 19.8 Å². The number of Topliss-reactive ketones (excluding diaryl/α,β-unsaturated/α-hetero) is 2. The van der Waals surface area contributed by atoms with Gasteiger partial charge in [-0.3, -0.25) is 9.59 Å². The summed E-state index contributed by atoms with van der Waals surface area (Å²) < 4.78 is 0. The number of fused-ring (bicyclic) bond motifs is 1. The van der Waals surface area contributed by atoms with Crippen molar-refractivity contribution in [2.24, 2.45) is 5.92 Å². The zero-order chi connectivity index (χ0) is 18.2. The SMILES string of the molecule is CC(C)=C(O)CCc1c(C)ccc2c1C(=O)C(=O)C(C(C)C)=C2O. The number of carbonyl (C=O) groups excluding carboxylic acids is 2. The molecule has 0 aliphatic heterocycles. The maximum Gasteiger partial charge on any atom is 0.234 e. The molecule has 24 heavy (non-hydrogen) atoms. The molecule has 0 fully saturated rings. The summed E-state index contributed by atoms with van der Waals surface area (Å²) in [5, 5.41) is 20.4. The lowest BCUT2D eigenvalue weighted by Crippen LogP contribution is -2.28. The third-order valence-corrected chi connectivity index (χ3v) is 4.50. The first-order valence-corrected chi connectivity index (χ1v) is 8.17. The Balaban J connectivity index is 2.61. The van der Waals surface area contributed by atoms with Crippen molar-refractivity contribution in [3.63, 3.8) is 0 Å². The van der Waals surface area contributed by atoms with Crippen LogP contribution in [0, 0.1) is 12.8 Å². The number of aryl methyl sites for hydroxylation is 1. The van der Waals surface area contributed by atoms with Crippen LogP contribution in [0.25, 0.3) is 5.76 Å². The fourth-order valence-corrected chi connectivity index (χ4v) is 3.05. The second-order valence-corrected chi connectivity index (χ2v) is 6.81. The molecular formula is C20H24O4. The van der Waals surface area contributed by atoms with E-state index in [2.05, 4.69) is 0 Å². The Morgan fingerprint density at radius 1 is 1.12 bits per heavy atom. The molecule has 0 aromatic heterocycles. The normalized spacial score (nSPS) is 14.2. The highest BCUT2D eigenvalue weighted by atomic mass is 16.3. The third-order valence-electron chi connectivity index (χ3n) is 4.50. The molecule has 128 valence electrons. The Bertz CT molecular complexity index is 775. The standard InChI is InChI=1S/C20H24O4/c1-10(2)15(21)9-8-13-12(5)6-7-14-17(13)20(24)19(23)16(11(3)4)18(14)22/h6-7,11,21-22H,8-9H2,1-5H3. The highest BCUT2D eigenvalue weighted by molar-refractivity contribution is 6.52. The largest absolute Gasteiger partial charge is 0.512 e. The van der Waals surface area contributed by atoms with Crippen molar-refractivity contribution >= 4 is 17.3 Å². The molecule has 2 N–H and O–H groups in total. The van der Waals surface area contributed by atoms with Crippen molar-refractivity contribution in [2.45, 2.75) is 47.5 Å². The van der Waals surface area contributed by atoms with Gasteiger partial charge in [-0.15, -0.1) is 0 Å². The van der Waals surface area contributed by atoms with Crippen LogP contribution < -0.4 is 0 Å². The van der Waals surface area contributed by atoms with Crippen LogP contribution in [-0.4, -0.2) is 21.8 Å². The van der Waals surface area contributed by atoms with Gasteiger partial charge >= 0.3 is 0 Å². The first-order chi connectivity index (χ1) is 11.2. The second kappa shape index (κ2) is 6.63. The molecule has 0 bridgehead atoms. The van der Waals surface area contributed by atoms with Crippen LogP contribution in [0.2, 0.25) is 0 Å². The van der Waals surface area contributed by atoms with Crippen molar-refractivity contribution in [3.8, 4) is 0 Å². The molecule has 0 saturated carbocycles. The van der Waals surface area contributed by atoms with E-state index in [1.165, 1.54) is 0 Å². The topological polar surface area (TPSA) is 74.6 Å². The molecule has 1 aromatic rings. The van der Waals surface area contributed by atoms with Crippen molar-refractivity contribution in [1.29, 1.82) is 0 Å². The summed E-state index contributed by atoms with van der Waals surface area (Å²) in [6.07, 6.45) is 0.831. The van der Waals surface area contributed by atoms with Crippen LogP contribution in [0.4, 0.5) is 0 Å². The lowest BCUT2D eigenvalue weighted by Gasteiger charge is -2.23. The molecule has 0 saturated heterocycles. The summed E-state index contributed by atoms with van der Waals surface area (Å²) >= 11 is 0. The van der Waals surface area contributed by atoms with Crippen LogP contribution in [0.1, 0.15) is 61.2 Å². The van der Waals surface area contributed by atoms with E-state index in [1.807, 2.05) is 26.8 Å². The summed E-state index contributed by atoms with van der Waals surface area (Å²) in [5.74, 6) is -1.24. The smallest absolute Gasteiger partial charge is 0.234 e. The van der Waals surface area contributed by atoms with Gasteiger partial charge in [-0.1, -0.05) is 26.0 Å². The number of benzene rings is 1. The number of allylic oxidation sites excluding steroid dienone is 3. The van der Waals surface area contributed by atoms with Crippen molar-refractivity contribution < 1.29 is 19.8 Å². The van der Waals surface area contributed by atoms with Gasteiger partial charge in [-0.05, 0) is 49.8 Å². The second-order valence-electron chi connectivity index (χ2n) is 6.81. The molecular weight excluding hydrogens is 304 g/mol. The summed E-state index contributed by atoms with van der Waals surface area (Å²) in [7, 11) is 0. The average Bonchev–Trinajstić information content (AvgIpc) is 2.50. The molecule has 2 rings (SSSR count). The van der Waals surface area contributed by atoms with E-state index in [4.69, 9.17) is 0 Å². The van der Waals surface area contributed by atoms with E-state index in [1.54, 1.807) is 19.9 Å². The molecule has 1 aromatic carbocycles. The fraction of sp³-hybridized carbons (Fsp3) is 0.400. The summed E-state index contributed by atoms with van der Waals surface area (Å²) in [6.45, 7) is 9.07. The predicted octanol–water partition coefficient (Wildman–Crippen LogP) is 4.47. The quantitative estimate of drug-likeness (QED) is 0.631. The number of rotatable bonds is 4. The van der Waals surface area contributed by atoms with Crippen LogP contribution in [0.3, 0.4) is 0 Å². The van der Waals surface area contributed by atoms with Gasteiger partial charge in [0.05, 0.1) is 5.76 Å². The van der Waals surface area contributed by atoms with Crippen LogP contribution >= 0.6 is 0 Å². The number of aliphatic hydroxyl groups excluding tert-OH is 2. The summed E-state index contributed by atoms with van der Waals surface area (Å²) in [4.78, 5) is 25.1. The highest BCUT2D eigenvalue weighted by Crippen LogP contribution is 2.35. The molecule has 0 radical (unpaired) electrons. The molecule has 0 atom stereocenters. The van der Waals surface area contributed by atoms with Gasteiger partial charge in [-0.25, -0.2) is 0 Å². The van der Waals surface area contributed by atoms with Gasteiger partial charge in [-0.2, -0.15) is 0 Å². The average molecular weight is 328 g/mol. The summed E-state index contributed by atoms with van der Waals surface area (Å²) in [5.41, 5.74) is 3.29. The highest BCUT2D eigenvalue weighted by Gasteiger charge is 2.36. The van der Waals surface area contributed by atoms with Gasteiger partial charge < -0.3 is 10.2 Å². The monoisotopic (exact) mass is 328 g/mol. The van der Waals surface area contributed by atoms with E-state index < -0.39 is 11.6 Å². The third kappa shape index (κ3) is 3.01. The lowest BCUT2D eigenvalue weighted by atomic mass is 9.79. The van der Waals surface area contributed by atoms with Gasteiger partial charge in [0.2, 0.25) is 11.6 Å². The Hall–Kier alpha value is -2.36. The predicted molar refractivity (Wildman–Crippen MR) is 94.2 cm³/mol. The zero-order valence-corrected chi connectivity index (χ0v) is 14.9. The number of hydrogen-bond donors (Lipinski definition) is 2. The number of aliphatic hydroxyl groups is 2. The number of ketones is 2. The van der Waals surface area contributed by atoms with Gasteiger partial charge in [0, 0.05) is 23.1 Å². The molecule has 1 aliphatic rings. The first-order valence-electron chi connectivity index (χ1n) is 8.17. The van der Waals surface area contributed by atoms with Crippen LogP contribution in [-0.2, 0) is 11.2 Å². The van der Waals surface area contributed by atoms with E-state index in [-0.39, 0.29) is 28.6 Å². The minimum atomic E-state index is -0.631. The zero-order valence-electron chi connectivity index (χ0n) is 14.9. The maximum absolute atomic E-state index is 12.7. The minimum absolute atomic E-state index is 0.0997. The van der Waals surface area contributed by atoms with E-state index in [0.29, 0.717) is 24.0 Å². The lowest BCUT2D eigenvalue weighted by molar-refractivity contribution is -0.112. The van der Waals surface area contributed by atoms with E-state index in [0.717, 1.165) is 11.1 Å². The first kappa shape index (κ1) is 18.0. The molecule has 4 heteroatoms. The van der Waals surface area contributed by atoms with Crippen molar-refractivity contribution in [2.75, 3.05) is 0 Å². The maximum atomic E-state index is 12.7. The van der Waals surface area contributed by atoms with Crippen LogP contribution in [0.5, 0.6) is 0 Å². The van der Waals surface area contributed by atoms with Gasteiger partial charge in [0.1, 0.15) is 5.76 Å². The Labute approximate surface area is 142 Å². The Morgan fingerprint density at radius 3 is 2.29 bits per heavy atom. The van der Waals surface area contributed by atoms with Gasteiger partial charge in [0.25, 0.3) is 0 Å². The van der Waals surface area contributed by atoms with E-state index >= 15 is 0 Å². The molecule has 0 amide bonds. The molecule has 4 nitrogen and oxygen atoms in total. The van der Waals surface area contributed by atoms with Crippen molar-refractivity contribution in [3.05, 3.63) is 51.3 Å². The molecule has 0 unspecified atom stereocenters. The fourth-order valence-electron chi connectivity index (χ4n) is 3.05. The van der Waals surface area contributed by atoms with Crippen LogP contribution in [0.15, 0.2) is 29.0 Å². The molecule has 0 spiro atoms. The molecule has 0 heterocycles. The molecule has 1 aliphatic carbocycles. The Kier molecular flexibility index (Phi) is 4.97. The minimum Gasteiger partial charge on any atom is -0.512 e. The van der Waals surface area contributed by atoms with Crippen molar-refractivity contribution in [1.82, 2.24) is 0 Å². The number of carbonyl (C=O) groups is 2. The van der Waals surface area contributed by atoms with Gasteiger partial charge in [0.15, 0.2) is 0 Å². The summed E-state index contributed by atoms with van der Waals surface area (Å²) in [6, 6.07) is 3.53. The Morgan fingerprint density at radius 2 is 1.75 bits per heavy atom. The number of hydrogen-bond acceptors (Lipinski definition) is 4.